The normalized spacial score (nSPS) is 12.8. The summed E-state index contributed by atoms with van der Waals surface area (Å²) >= 11 is 0. The number of rotatable bonds is 4. The fourth-order valence-corrected chi connectivity index (χ4v) is 8.71. The maximum absolute atomic E-state index is 6.53. The smallest absolute Gasteiger partial charge is 0.164 e. The Kier molecular flexibility index (Phi) is 6.69. The van der Waals surface area contributed by atoms with Crippen LogP contribution in [-0.2, 0) is 6.42 Å². The van der Waals surface area contributed by atoms with Gasteiger partial charge in [0.25, 0.3) is 0 Å². The molecule has 0 atom stereocenters. The molecular weight excluding hydrogens is 687 g/mol. The van der Waals surface area contributed by atoms with Gasteiger partial charge in [0, 0.05) is 44.8 Å². The summed E-state index contributed by atoms with van der Waals surface area (Å²) in [6.45, 7) is 0. The van der Waals surface area contributed by atoms with Crippen molar-refractivity contribution in [3.8, 4) is 45.3 Å². The van der Waals surface area contributed by atoms with Gasteiger partial charge in [0.2, 0.25) is 0 Å². The molecule has 0 bridgehead atoms. The van der Waals surface area contributed by atoms with E-state index in [1.165, 1.54) is 37.9 Å². The third-order valence-electron chi connectivity index (χ3n) is 11.4. The first-order valence-electron chi connectivity index (χ1n) is 19.1. The van der Waals surface area contributed by atoms with Crippen molar-refractivity contribution in [3.63, 3.8) is 0 Å². The monoisotopic (exact) mass is 717 g/mol. The lowest BCUT2D eigenvalue weighted by atomic mass is 9.92. The van der Waals surface area contributed by atoms with Crippen LogP contribution in [0.4, 0.5) is 0 Å². The maximum atomic E-state index is 6.53. The van der Waals surface area contributed by atoms with E-state index in [2.05, 4.69) is 121 Å². The first-order valence-corrected chi connectivity index (χ1v) is 19.1. The number of hydrogen-bond acceptors (Lipinski definition) is 5. The van der Waals surface area contributed by atoms with Crippen molar-refractivity contribution >= 4 is 71.3 Å². The second-order valence-corrected chi connectivity index (χ2v) is 14.6. The second kappa shape index (κ2) is 12.1. The minimum Gasteiger partial charge on any atom is -0.460 e. The van der Waals surface area contributed by atoms with Gasteiger partial charge in [0.05, 0.1) is 0 Å². The van der Waals surface area contributed by atoms with Gasteiger partial charge in [-0.3, -0.25) is 0 Å². The zero-order chi connectivity index (χ0) is 36.7. The topological polar surface area (TPSA) is 65.0 Å². The van der Waals surface area contributed by atoms with Gasteiger partial charge in [0.1, 0.15) is 22.5 Å². The second-order valence-electron chi connectivity index (χ2n) is 14.6. The number of aromatic nitrogens is 3. The molecule has 0 radical (unpaired) electrons. The Morgan fingerprint density at radius 1 is 0.393 bits per heavy atom. The zero-order valence-corrected chi connectivity index (χ0v) is 30.2. The molecule has 0 saturated heterocycles. The Labute approximate surface area is 321 Å². The summed E-state index contributed by atoms with van der Waals surface area (Å²) in [4.78, 5) is 15.2. The highest BCUT2D eigenvalue weighted by molar-refractivity contribution is 6.25. The van der Waals surface area contributed by atoms with Crippen molar-refractivity contribution in [3.05, 3.63) is 169 Å². The fraction of sp³-hybridized carbons (Fsp3) is 0.0392. The number of fused-ring (bicyclic) bond motifs is 12. The van der Waals surface area contributed by atoms with Crippen molar-refractivity contribution in [1.29, 1.82) is 0 Å². The van der Waals surface area contributed by atoms with E-state index in [9.17, 15) is 0 Å². The van der Waals surface area contributed by atoms with Crippen molar-refractivity contribution in [1.82, 2.24) is 15.0 Å². The molecule has 1 aliphatic rings. The van der Waals surface area contributed by atoms with Crippen molar-refractivity contribution in [2.45, 2.75) is 12.8 Å². The van der Waals surface area contributed by atoms with Gasteiger partial charge in [-0.05, 0) is 86.3 Å². The van der Waals surface area contributed by atoms with Gasteiger partial charge in [-0.2, -0.15) is 0 Å². The van der Waals surface area contributed by atoms with Crippen LogP contribution in [0.3, 0.4) is 0 Å². The molecule has 0 unspecified atom stereocenters. The van der Waals surface area contributed by atoms with Crippen LogP contribution in [0.5, 0.6) is 0 Å². The minimum absolute atomic E-state index is 0.581. The van der Waals surface area contributed by atoms with Gasteiger partial charge < -0.3 is 8.83 Å². The number of allylic oxidation sites excluding steroid dienone is 1. The fourth-order valence-electron chi connectivity index (χ4n) is 8.71. The van der Waals surface area contributed by atoms with Crippen LogP contribution in [0.2, 0.25) is 0 Å². The summed E-state index contributed by atoms with van der Waals surface area (Å²) < 4.78 is 12.8. The molecular formula is C51H31N3O2. The van der Waals surface area contributed by atoms with Crippen LogP contribution in [0, 0.1) is 0 Å². The van der Waals surface area contributed by atoms with E-state index in [1.807, 2.05) is 42.5 Å². The molecule has 5 heteroatoms. The highest BCUT2D eigenvalue weighted by atomic mass is 16.3. The molecule has 0 N–H and O–H groups in total. The van der Waals surface area contributed by atoms with Crippen LogP contribution in [0.1, 0.15) is 17.7 Å². The Morgan fingerprint density at radius 3 is 1.80 bits per heavy atom. The highest BCUT2D eigenvalue weighted by Gasteiger charge is 2.21. The molecule has 0 amide bonds. The largest absolute Gasteiger partial charge is 0.460 e. The van der Waals surface area contributed by atoms with E-state index in [-0.39, 0.29) is 0 Å². The zero-order valence-electron chi connectivity index (χ0n) is 30.2. The molecule has 3 aromatic heterocycles. The highest BCUT2D eigenvalue weighted by Crippen LogP contribution is 2.41. The predicted octanol–water partition coefficient (Wildman–Crippen LogP) is 13.6. The predicted molar refractivity (Wildman–Crippen MR) is 228 cm³/mol. The summed E-state index contributed by atoms with van der Waals surface area (Å²) in [6.07, 6.45) is 6.23. The van der Waals surface area contributed by atoms with E-state index < -0.39 is 0 Å². The molecule has 8 aromatic carbocycles. The third kappa shape index (κ3) is 4.77. The van der Waals surface area contributed by atoms with E-state index in [4.69, 9.17) is 23.8 Å². The lowest BCUT2D eigenvalue weighted by molar-refractivity contribution is 0.546. The van der Waals surface area contributed by atoms with E-state index in [0.29, 0.717) is 17.5 Å². The average molecular weight is 718 g/mol. The summed E-state index contributed by atoms with van der Waals surface area (Å²) in [6, 6.07) is 53.2. The Balaban J connectivity index is 0.991. The lowest BCUT2D eigenvalue weighted by Crippen LogP contribution is -2.00. The van der Waals surface area contributed by atoms with Crippen LogP contribution in [-0.4, -0.2) is 15.0 Å². The van der Waals surface area contributed by atoms with Crippen LogP contribution < -0.4 is 0 Å². The molecule has 262 valence electrons. The van der Waals surface area contributed by atoms with Gasteiger partial charge in [-0.15, -0.1) is 0 Å². The Hall–Kier alpha value is -7.37. The number of benzene rings is 8. The van der Waals surface area contributed by atoms with E-state index in [1.54, 1.807) is 0 Å². The van der Waals surface area contributed by atoms with Crippen LogP contribution in [0.15, 0.2) is 167 Å². The van der Waals surface area contributed by atoms with Gasteiger partial charge in [-0.1, -0.05) is 127 Å². The van der Waals surface area contributed by atoms with Gasteiger partial charge in [-0.25, -0.2) is 15.0 Å². The van der Waals surface area contributed by atoms with Gasteiger partial charge in [0.15, 0.2) is 17.5 Å². The Bertz CT molecular complexity index is 3390. The average Bonchev–Trinajstić information content (AvgIpc) is 3.84. The van der Waals surface area contributed by atoms with Gasteiger partial charge >= 0.3 is 0 Å². The SMILES string of the molecule is C1=Cc2c(oc3cccc(-c4nc(-c5ccccc5)nc(-c5ccc6c(c5)oc5ccc(-c7ccc8c9ccccc9c9ccccc9c8c7)cc56)n4)c23)CC1. The molecule has 0 spiro atoms. The van der Waals surface area contributed by atoms with E-state index >= 15 is 0 Å². The summed E-state index contributed by atoms with van der Waals surface area (Å²) in [5.41, 5.74) is 8.58. The Morgan fingerprint density at radius 2 is 1.02 bits per heavy atom. The van der Waals surface area contributed by atoms with E-state index in [0.717, 1.165) is 79.3 Å². The maximum Gasteiger partial charge on any atom is 0.164 e. The number of nitrogens with zero attached hydrogens (tertiary/aromatic N) is 3. The van der Waals surface area contributed by atoms with Crippen molar-refractivity contribution in [2.24, 2.45) is 0 Å². The lowest BCUT2D eigenvalue weighted by Gasteiger charge is -2.12. The molecule has 3 heterocycles. The number of aryl methyl sites for hydroxylation is 1. The third-order valence-corrected chi connectivity index (χ3v) is 11.4. The van der Waals surface area contributed by atoms with Crippen molar-refractivity contribution < 1.29 is 8.83 Å². The molecule has 0 aliphatic heterocycles. The quantitative estimate of drug-likeness (QED) is 0.170. The first-order chi connectivity index (χ1) is 27.7. The first kappa shape index (κ1) is 31.0. The summed E-state index contributed by atoms with van der Waals surface area (Å²) in [5, 5.41) is 10.8. The number of furan rings is 2. The molecule has 0 saturated carbocycles. The summed E-state index contributed by atoms with van der Waals surface area (Å²) in [5.74, 6) is 2.81. The molecule has 56 heavy (non-hydrogen) atoms. The van der Waals surface area contributed by atoms with Crippen LogP contribution in [0.25, 0.3) is 117 Å². The molecule has 5 nitrogen and oxygen atoms in total. The van der Waals surface area contributed by atoms with Crippen molar-refractivity contribution in [2.75, 3.05) is 0 Å². The molecule has 11 aromatic rings. The number of hydrogen-bond donors (Lipinski definition) is 0. The minimum atomic E-state index is 0.581. The summed E-state index contributed by atoms with van der Waals surface area (Å²) in [7, 11) is 0. The molecule has 0 fully saturated rings. The molecule has 1 aliphatic carbocycles. The molecule has 12 rings (SSSR count). The standard InChI is InChI=1S/C51H31N3O2/c1-2-11-30(12-3-1)49-52-50(54-51(53-49)41-18-10-20-46-48(41)40-17-8-9-19-44(40)55-46)33-22-25-39-43-28-32(23-26-45(43)56-47(39)29-33)31-21-24-38-36-15-5-4-13-34(36)35-14-6-7-16-37(35)42(38)27-31/h1-8,10-18,20-29H,9,19H2. The van der Waals surface area contributed by atoms with Crippen LogP contribution >= 0.6 is 0 Å².